The Morgan fingerprint density at radius 3 is 2.85 bits per heavy atom. The minimum absolute atomic E-state index is 0.115. The maximum absolute atomic E-state index is 12.2. The van der Waals surface area contributed by atoms with E-state index in [2.05, 4.69) is 11.0 Å². The number of aromatic nitrogens is 2. The summed E-state index contributed by atoms with van der Waals surface area (Å²) < 4.78 is 1.96. The molecule has 4 heterocycles. The van der Waals surface area contributed by atoms with Crippen LogP contribution in [0.15, 0.2) is 46.6 Å². The van der Waals surface area contributed by atoms with Gasteiger partial charge >= 0.3 is 0 Å². The Hall–Kier alpha value is -1.82. The second kappa shape index (κ2) is 6.66. The van der Waals surface area contributed by atoms with Crippen molar-refractivity contribution in [3.63, 3.8) is 0 Å². The van der Waals surface area contributed by atoms with Crippen molar-refractivity contribution in [1.82, 2.24) is 9.55 Å². The van der Waals surface area contributed by atoms with Gasteiger partial charge in [0.25, 0.3) is 5.56 Å². The molecule has 2 aliphatic heterocycles. The van der Waals surface area contributed by atoms with Crippen molar-refractivity contribution in [2.24, 2.45) is 5.92 Å². The van der Waals surface area contributed by atoms with Gasteiger partial charge in [0.15, 0.2) is 5.13 Å². The molecule has 2 aromatic heterocycles. The Labute approximate surface area is 171 Å². The number of anilines is 1. The predicted octanol–water partition coefficient (Wildman–Crippen LogP) is 4.90. The second-order valence-corrected chi connectivity index (χ2v) is 8.92. The number of fused-ring (bicyclic) bond motifs is 4. The third-order valence-electron chi connectivity index (χ3n) is 5.45. The molecule has 7 heteroatoms. The van der Waals surface area contributed by atoms with E-state index >= 15 is 0 Å². The van der Waals surface area contributed by atoms with Crippen LogP contribution in [-0.2, 0) is 6.54 Å². The van der Waals surface area contributed by atoms with Crippen LogP contribution in [-0.4, -0.2) is 22.6 Å². The highest BCUT2D eigenvalue weighted by atomic mass is 35.5. The van der Waals surface area contributed by atoms with E-state index in [9.17, 15) is 4.79 Å². The average molecular weight is 418 g/mol. The SMILES string of the molecule is O=c1cccc2n1CC1CC2CN(c2nc(-c3ccc(Cl)cc3Cl)cs2)C1. The van der Waals surface area contributed by atoms with Gasteiger partial charge in [-0.15, -0.1) is 11.3 Å². The van der Waals surface area contributed by atoms with Crippen LogP contribution < -0.4 is 10.5 Å². The van der Waals surface area contributed by atoms with Gasteiger partial charge in [0.2, 0.25) is 0 Å². The van der Waals surface area contributed by atoms with E-state index < -0.39 is 0 Å². The van der Waals surface area contributed by atoms with Crippen LogP contribution in [0.3, 0.4) is 0 Å². The summed E-state index contributed by atoms with van der Waals surface area (Å²) in [6.45, 7) is 2.61. The number of hydrogen-bond donors (Lipinski definition) is 0. The maximum Gasteiger partial charge on any atom is 0.250 e. The summed E-state index contributed by atoms with van der Waals surface area (Å²) >= 11 is 14.0. The molecule has 1 fully saturated rings. The van der Waals surface area contributed by atoms with Gasteiger partial charge in [-0.25, -0.2) is 4.98 Å². The van der Waals surface area contributed by atoms with Crippen molar-refractivity contribution >= 4 is 39.7 Å². The zero-order valence-electron chi connectivity index (χ0n) is 14.4. The first-order valence-corrected chi connectivity index (χ1v) is 10.6. The lowest BCUT2D eigenvalue weighted by atomic mass is 9.83. The number of piperidine rings is 1. The summed E-state index contributed by atoms with van der Waals surface area (Å²) in [5, 5.41) is 4.30. The Kier molecular flexibility index (Phi) is 4.26. The van der Waals surface area contributed by atoms with E-state index in [0.29, 0.717) is 21.9 Å². The normalized spacial score (nSPS) is 21.2. The van der Waals surface area contributed by atoms with Gasteiger partial charge in [-0.3, -0.25) is 4.79 Å². The van der Waals surface area contributed by atoms with Gasteiger partial charge in [0, 0.05) is 53.3 Å². The number of halogens is 2. The van der Waals surface area contributed by atoms with Crippen LogP contribution in [0, 0.1) is 5.92 Å². The van der Waals surface area contributed by atoms with Gasteiger partial charge in [0.1, 0.15) is 0 Å². The van der Waals surface area contributed by atoms with Crippen LogP contribution in [0.5, 0.6) is 0 Å². The fourth-order valence-electron chi connectivity index (χ4n) is 4.28. The molecule has 2 bridgehead atoms. The summed E-state index contributed by atoms with van der Waals surface area (Å²) in [5.74, 6) is 0.848. The standard InChI is InChI=1S/C20H17Cl2N3OS/c21-14-4-5-15(16(22)7-14)17-11-27-20(23-17)24-8-12-6-13(10-24)18-2-1-3-19(26)25(18)9-12/h1-5,7,11-13H,6,8-10H2. The minimum Gasteiger partial charge on any atom is -0.347 e. The van der Waals surface area contributed by atoms with E-state index in [1.807, 2.05) is 28.1 Å². The summed E-state index contributed by atoms with van der Waals surface area (Å²) in [6.07, 6.45) is 1.14. The Morgan fingerprint density at radius 2 is 2.00 bits per heavy atom. The highest BCUT2D eigenvalue weighted by Gasteiger charge is 2.35. The molecule has 0 aliphatic carbocycles. The molecule has 138 valence electrons. The monoisotopic (exact) mass is 417 g/mol. The zero-order valence-corrected chi connectivity index (χ0v) is 16.8. The maximum atomic E-state index is 12.2. The summed E-state index contributed by atoms with van der Waals surface area (Å²) in [6, 6.07) is 11.1. The number of hydrogen-bond acceptors (Lipinski definition) is 4. The average Bonchev–Trinajstić information content (AvgIpc) is 3.12. The smallest absolute Gasteiger partial charge is 0.250 e. The molecular weight excluding hydrogens is 401 g/mol. The van der Waals surface area contributed by atoms with E-state index in [4.69, 9.17) is 28.2 Å². The van der Waals surface area contributed by atoms with Crippen LogP contribution in [0.1, 0.15) is 18.0 Å². The Bertz CT molecular complexity index is 1080. The molecule has 0 N–H and O–H groups in total. The van der Waals surface area contributed by atoms with E-state index in [1.54, 1.807) is 23.5 Å². The molecule has 5 rings (SSSR count). The molecule has 0 amide bonds. The number of thiazole rings is 1. The molecule has 0 radical (unpaired) electrons. The van der Waals surface area contributed by atoms with Gasteiger partial charge in [0.05, 0.1) is 10.7 Å². The van der Waals surface area contributed by atoms with Crippen molar-refractivity contribution < 1.29 is 0 Å². The van der Waals surface area contributed by atoms with Gasteiger partial charge in [-0.1, -0.05) is 29.3 Å². The fraction of sp³-hybridized carbons (Fsp3) is 0.300. The Morgan fingerprint density at radius 1 is 1.11 bits per heavy atom. The lowest BCUT2D eigenvalue weighted by Gasteiger charge is -2.42. The Balaban J connectivity index is 1.44. The quantitative estimate of drug-likeness (QED) is 0.594. The van der Waals surface area contributed by atoms with Gasteiger partial charge in [-0.2, -0.15) is 0 Å². The van der Waals surface area contributed by atoms with E-state index in [1.165, 1.54) is 0 Å². The number of benzene rings is 1. The molecule has 3 aromatic rings. The number of pyridine rings is 1. The molecule has 2 atom stereocenters. The molecule has 2 unspecified atom stereocenters. The van der Waals surface area contributed by atoms with Crippen LogP contribution >= 0.6 is 34.5 Å². The molecule has 2 aliphatic rings. The largest absolute Gasteiger partial charge is 0.347 e. The summed E-state index contributed by atoms with van der Waals surface area (Å²) in [4.78, 5) is 19.4. The van der Waals surface area contributed by atoms with Crippen molar-refractivity contribution in [3.05, 3.63) is 67.9 Å². The molecule has 0 spiro atoms. The fourth-order valence-corrected chi connectivity index (χ4v) is 5.63. The molecule has 0 saturated carbocycles. The van der Waals surface area contributed by atoms with Crippen molar-refractivity contribution in [2.75, 3.05) is 18.0 Å². The van der Waals surface area contributed by atoms with E-state index in [-0.39, 0.29) is 5.56 Å². The third kappa shape index (κ3) is 3.08. The van der Waals surface area contributed by atoms with Crippen molar-refractivity contribution in [3.8, 4) is 11.3 Å². The first kappa shape index (κ1) is 17.3. The summed E-state index contributed by atoms with van der Waals surface area (Å²) in [7, 11) is 0. The first-order chi connectivity index (χ1) is 13.1. The molecule has 4 nitrogen and oxygen atoms in total. The van der Waals surface area contributed by atoms with Crippen LogP contribution in [0.4, 0.5) is 5.13 Å². The summed E-state index contributed by atoms with van der Waals surface area (Å²) in [5.41, 5.74) is 3.05. The highest BCUT2D eigenvalue weighted by Crippen LogP contribution is 2.39. The second-order valence-electron chi connectivity index (χ2n) is 7.24. The van der Waals surface area contributed by atoms with Gasteiger partial charge in [-0.05, 0) is 36.6 Å². The lowest BCUT2D eigenvalue weighted by molar-refractivity contribution is 0.281. The molecular formula is C20H17Cl2N3OS. The minimum atomic E-state index is 0.115. The zero-order chi connectivity index (χ0) is 18.5. The van der Waals surface area contributed by atoms with Crippen LogP contribution in [0.2, 0.25) is 10.0 Å². The first-order valence-electron chi connectivity index (χ1n) is 8.94. The number of rotatable bonds is 2. The van der Waals surface area contributed by atoms with Gasteiger partial charge < -0.3 is 9.47 Å². The van der Waals surface area contributed by atoms with E-state index in [0.717, 1.165) is 48.1 Å². The molecule has 27 heavy (non-hydrogen) atoms. The molecule has 1 aromatic carbocycles. The third-order valence-corrected chi connectivity index (χ3v) is 6.90. The van der Waals surface area contributed by atoms with Crippen molar-refractivity contribution in [2.45, 2.75) is 18.9 Å². The highest BCUT2D eigenvalue weighted by molar-refractivity contribution is 7.14. The van der Waals surface area contributed by atoms with Crippen molar-refractivity contribution in [1.29, 1.82) is 0 Å². The van der Waals surface area contributed by atoms with Crippen LogP contribution in [0.25, 0.3) is 11.3 Å². The number of nitrogens with zero attached hydrogens (tertiary/aromatic N) is 3. The lowest BCUT2D eigenvalue weighted by Crippen LogP contribution is -2.47. The topological polar surface area (TPSA) is 38.1 Å². The molecule has 1 saturated heterocycles. The predicted molar refractivity (Wildman–Crippen MR) is 111 cm³/mol.